The van der Waals surface area contributed by atoms with E-state index in [2.05, 4.69) is 10.3 Å². The van der Waals surface area contributed by atoms with E-state index in [9.17, 15) is 9.59 Å². The van der Waals surface area contributed by atoms with Gasteiger partial charge in [0.25, 0.3) is 5.91 Å². The van der Waals surface area contributed by atoms with Crippen molar-refractivity contribution in [1.82, 2.24) is 10.3 Å². The summed E-state index contributed by atoms with van der Waals surface area (Å²) >= 11 is 5.67. The quantitative estimate of drug-likeness (QED) is 0.802. The van der Waals surface area contributed by atoms with Gasteiger partial charge in [-0.2, -0.15) is 0 Å². The summed E-state index contributed by atoms with van der Waals surface area (Å²) in [7, 11) is 0. The number of pyridine rings is 1. The number of aromatic nitrogens is 1. The lowest BCUT2D eigenvalue weighted by Gasteiger charge is -2.20. The minimum absolute atomic E-state index is 0.149. The Labute approximate surface area is 110 Å². The SMILES string of the molecule is CCC(C)[C@H](NC(=O)c1ccnc(Cl)c1)C(=O)O. The fourth-order valence-corrected chi connectivity index (χ4v) is 1.63. The molecule has 0 bridgehead atoms. The van der Waals surface area contributed by atoms with Crippen LogP contribution < -0.4 is 5.32 Å². The fourth-order valence-electron chi connectivity index (χ4n) is 1.45. The molecule has 0 aliphatic rings. The van der Waals surface area contributed by atoms with Gasteiger partial charge in [-0.25, -0.2) is 9.78 Å². The van der Waals surface area contributed by atoms with E-state index in [1.54, 1.807) is 6.92 Å². The van der Waals surface area contributed by atoms with Gasteiger partial charge in [0.05, 0.1) is 0 Å². The number of hydrogen-bond acceptors (Lipinski definition) is 3. The van der Waals surface area contributed by atoms with Gasteiger partial charge in [0.2, 0.25) is 0 Å². The maximum atomic E-state index is 11.9. The number of aliphatic carboxylic acids is 1. The van der Waals surface area contributed by atoms with Gasteiger partial charge < -0.3 is 10.4 Å². The lowest BCUT2D eigenvalue weighted by molar-refractivity contribution is -0.140. The van der Waals surface area contributed by atoms with Crippen LogP contribution in [0.15, 0.2) is 18.3 Å². The maximum Gasteiger partial charge on any atom is 0.326 e. The Kier molecular flexibility index (Phi) is 5.09. The van der Waals surface area contributed by atoms with E-state index in [1.807, 2.05) is 6.92 Å². The molecule has 0 aliphatic heterocycles. The fraction of sp³-hybridized carbons (Fsp3) is 0.417. The molecule has 6 heteroatoms. The number of nitrogens with zero attached hydrogens (tertiary/aromatic N) is 1. The molecule has 1 rings (SSSR count). The molecule has 1 unspecified atom stereocenters. The van der Waals surface area contributed by atoms with Crippen molar-refractivity contribution in [3.63, 3.8) is 0 Å². The van der Waals surface area contributed by atoms with Crippen molar-refractivity contribution >= 4 is 23.5 Å². The number of halogens is 1. The first-order chi connectivity index (χ1) is 8.45. The second-order valence-electron chi connectivity index (χ2n) is 4.04. The van der Waals surface area contributed by atoms with E-state index >= 15 is 0 Å². The first-order valence-corrected chi connectivity index (χ1v) is 5.98. The highest BCUT2D eigenvalue weighted by atomic mass is 35.5. The molecule has 1 aromatic rings. The topological polar surface area (TPSA) is 79.3 Å². The van der Waals surface area contributed by atoms with Crippen LogP contribution in [-0.2, 0) is 4.79 Å². The molecule has 0 aliphatic carbocycles. The Hall–Kier alpha value is -1.62. The predicted molar refractivity (Wildman–Crippen MR) is 67.6 cm³/mol. The van der Waals surface area contributed by atoms with Crippen LogP contribution in [0.25, 0.3) is 0 Å². The third-order valence-corrected chi connectivity index (χ3v) is 2.96. The number of nitrogens with one attached hydrogen (secondary N) is 1. The van der Waals surface area contributed by atoms with Crippen molar-refractivity contribution in [3.05, 3.63) is 29.0 Å². The number of carboxylic acids is 1. The number of carbonyl (C=O) groups excluding carboxylic acids is 1. The maximum absolute atomic E-state index is 11.9. The Bertz CT molecular complexity index is 451. The number of rotatable bonds is 5. The van der Waals surface area contributed by atoms with Crippen molar-refractivity contribution in [1.29, 1.82) is 0 Å². The normalized spacial score (nSPS) is 13.7. The summed E-state index contributed by atoms with van der Waals surface area (Å²) in [5.74, 6) is -1.66. The summed E-state index contributed by atoms with van der Waals surface area (Å²) in [4.78, 5) is 26.7. The van der Waals surface area contributed by atoms with Gasteiger partial charge in [0.15, 0.2) is 0 Å². The van der Waals surface area contributed by atoms with E-state index in [0.717, 1.165) is 0 Å². The molecule has 0 spiro atoms. The summed E-state index contributed by atoms with van der Waals surface area (Å²) in [6.45, 7) is 3.65. The average molecular weight is 271 g/mol. The van der Waals surface area contributed by atoms with Gasteiger partial charge in [-0.1, -0.05) is 31.9 Å². The molecule has 98 valence electrons. The van der Waals surface area contributed by atoms with E-state index < -0.39 is 17.9 Å². The summed E-state index contributed by atoms with van der Waals surface area (Å²) in [5.41, 5.74) is 0.296. The van der Waals surface area contributed by atoms with Gasteiger partial charge in [-0.15, -0.1) is 0 Å². The number of carboxylic acid groups (broad SMARTS) is 1. The first-order valence-electron chi connectivity index (χ1n) is 5.61. The number of carbonyl (C=O) groups is 2. The molecule has 0 aromatic carbocycles. The minimum atomic E-state index is -1.04. The van der Waals surface area contributed by atoms with Gasteiger partial charge >= 0.3 is 5.97 Å². The molecule has 2 atom stereocenters. The van der Waals surface area contributed by atoms with Crippen molar-refractivity contribution < 1.29 is 14.7 Å². The van der Waals surface area contributed by atoms with Crippen molar-refractivity contribution in [2.75, 3.05) is 0 Å². The molecule has 18 heavy (non-hydrogen) atoms. The first kappa shape index (κ1) is 14.4. The highest BCUT2D eigenvalue weighted by molar-refractivity contribution is 6.29. The zero-order chi connectivity index (χ0) is 13.7. The van der Waals surface area contributed by atoms with E-state index in [-0.39, 0.29) is 11.1 Å². The Morgan fingerprint density at radius 2 is 2.22 bits per heavy atom. The average Bonchev–Trinajstić information content (AvgIpc) is 2.34. The minimum Gasteiger partial charge on any atom is -0.480 e. The third-order valence-electron chi connectivity index (χ3n) is 2.75. The molecular formula is C12H15ClN2O3. The monoisotopic (exact) mass is 270 g/mol. The molecule has 0 saturated carbocycles. The zero-order valence-electron chi connectivity index (χ0n) is 10.2. The summed E-state index contributed by atoms with van der Waals surface area (Å²) in [6.07, 6.45) is 2.06. The molecule has 0 saturated heterocycles. The Balaban J connectivity index is 2.82. The highest BCUT2D eigenvalue weighted by Gasteiger charge is 2.25. The van der Waals surface area contributed by atoms with E-state index in [1.165, 1.54) is 18.3 Å². The lowest BCUT2D eigenvalue weighted by Crippen LogP contribution is -2.45. The molecule has 0 radical (unpaired) electrons. The van der Waals surface area contributed by atoms with Gasteiger partial charge in [0, 0.05) is 11.8 Å². The van der Waals surface area contributed by atoms with Crippen LogP contribution in [0.3, 0.4) is 0 Å². The number of hydrogen-bond donors (Lipinski definition) is 2. The summed E-state index contributed by atoms with van der Waals surface area (Å²) in [5, 5.41) is 11.8. The summed E-state index contributed by atoms with van der Waals surface area (Å²) in [6, 6.07) is 1.97. The van der Waals surface area contributed by atoms with Gasteiger partial charge in [-0.3, -0.25) is 4.79 Å². The van der Waals surface area contributed by atoms with Crippen molar-refractivity contribution in [2.24, 2.45) is 5.92 Å². The Morgan fingerprint density at radius 1 is 1.56 bits per heavy atom. The second kappa shape index (κ2) is 6.35. The second-order valence-corrected chi connectivity index (χ2v) is 4.43. The Morgan fingerprint density at radius 3 is 2.72 bits per heavy atom. The van der Waals surface area contributed by atoms with Crippen LogP contribution in [-0.4, -0.2) is 28.0 Å². The molecule has 5 nitrogen and oxygen atoms in total. The van der Waals surface area contributed by atoms with Gasteiger partial charge in [0.1, 0.15) is 11.2 Å². The van der Waals surface area contributed by atoms with Crippen molar-refractivity contribution in [3.8, 4) is 0 Å². The van der Waals surface area contributed by atoms with Crippen LogP contribution in [0.5, 0.6) is 0 Å². The molecule has 2 N–H and O–H groups in total. The van der Waals surface area contributed by atoms with Gasteiger partial charge in [-0.05, 0) is 18.1 Å². The number of amides is 1. The molecule has 1 aromatic heterocycles. The highest BCUT2D eigenvalue weighted by Crippen LogP contribution is 2.11. The molecule has 1 amide bonds. The molecule has 0 fully saturated rings. The smallest absolute Gasteiger partial charge is 0.326 e. The van der Waals surface area contributed by atoms with Crippen LogP contribution in [0.4, 0.5) is 0 Å². The third kappa shape index (κ3) is 3.70. The largest absolute Gasteiger partial charge is 0.480 e. The standard InChI is InChI=1S/C12H15ClN2O3/c1-3-7(2)10(12(17)18)15-11(16)8-4-5-14-9(13)6-8/h4-7,10H,3H2,1-2H3,(H,15,16)(H,17,18)/t7?,10-/m0/s1. The van der Waals surface area contributed by atoms with E-state index in [0.29, 0.717) is 12.0 Å². The zero-order valence-corrected chi connectivity index (χ0v) is 10.9. The van der Waals surface area contributed by atoms with E-state index in [4.69, 9.17) is 16.7 Å². The summed E-state index contributed by atoms with van der Waals surface area (Å²) < 4.78 is 0. The molecule has 1 heterocycles. The predicted octanol–water partition coefficient (Wildman–Crippen LogP) is 1.96. The van der Waals surface area contributed by atoms with Crippen LogP contribution >= 0.6 is 11.6 Å². The van der Waals surface area contributed by atoms with Crippen LogP contribution in [0.2, 0.25) is 5.15 Å². The lowest BCUT2D eigenvalue weighted by atomic mass is 9.99. The van der Waals surface area contributed by atoms with Crippen LogP contribution in [0.1, 0.15) is 30.6 Å². The molecular weight excluding hydrogens is 256 g/mol. The van der Waals surface area contributed by atoms with Crippen molar-refractivity contribution in [2.45, 2.75) is 26.3 Å². The van der Waals surface area contributed by atoms with Crippen LogP contribution in [0, 0.1) is 5.92 Å².